The molecule has 0 saturated heterocycles. The summed E-state index contributed by atoms with van der Waals surface area (Å²) < 4.78 is 5.11. The minimum Gasteiger partial charge on any atom is -0.372 e. The summed E-state index contributed by atoms with van der Waals surface area (Å²) >= 11 is 0. The van der Waals surface area contributed by atoms with Crippen LogP contribution in [0.4, 0.5) is 5.69 Å². The Kier molecular flexibility index (Phi) is 5.46. The van der Waals surface area contributed by atoms with Crippen LogP contribution in [-0.4, -0.2) is 36.5 Å². The third kappa shape index (κ3) is 4.25. The number of hydrogen-bond acceptors (Lipinski definition) is 3. The highest BCUT2D eigenvalue weighted by molar-refractivity contribution is 5.94. The number of rotatable bonds is 5. The van der Waals surface area contributed by atoms with E-state index in [1.165, 1.54) is 5.56 Å². The zero-order valence-corrected chi connectivity index (χ0v) is 14.3. The second-order valence-electron chi connectivity index (χ2n) is 6.01. The monoisotopic (exact) mass is 338 g/mol. The highest BCUT2D eigenvalue weighted by Crippen LogP contribution is 2.24. The second kappa shape index (κ2) is 7.94. The van der Waals surface area contributed by atoms with Crippen molar-refractivity contribution in [3.05, 3.63) is 65.2 Å². The predicted molar refractivity (Wildman–Crippen MR) is 96.5 cm³/mol. The number of carbonyl (C=O) groups is 2. The van der Waals surface area contributed by atoms with Crippen LogP contribution in [-0.2, 0) is 22.5 Å². The van der Waals surface area contributed by atoms with Gasteiger partial charge in [0.15, 0.2) is 0 Å². The molecule has 25 heavy (non-hydrogen) atoms. The van der Waals surface area contributed by atoms with Gasteiger partial charge in [-0.05, 0) is 48.7 Å². The molecule has 0 saturated carbocycles. The number of amides is 2. The maximum Gasteiger partial charge on any atom is 0.254 e. The first-order valence-corrected chi connectivity index (χ1v) is 8.51. The summed E-state index contributed by atoms with van der Waals surface area (Å²) in [6.45, 7) is 3.67. The zero-order chi connectivity index (χ0) is 17.6. The van der Waals surface area contributed by atoms with Gasteiger partial charge < -0.3 is 15.0 Å². The quantitative estimate of drug-likeness (QED) is 0.912. The Balaban J connectivity index is 1.70. The van der Waals surface area contributed by atoms with E-state index in [4.69, 9.17) is 4.74 Å². The van der Waals surface area contributed by atoms with E-state index in [-0.39, 0.29) is 18.4 Å². The predicted octanol–water partition coefficient (Wildman–Crippen LogP) is 2.86. The molecule has 0 fully saturated rings. The number of nitrogens with zero attached hydrogens (tertiary/aromatic N) is 1. The van der Waals surface area contributed by atoms with Crippen LogP contribution in [0.5, 0.6) is 0 Å². The van der Waals surface area contributed by atoms with Crippen LogP contribution in [0.25, 0.3) is 0 Å². The minimum absolute atomic E-state index is 0.0389. The molecule has 1 N–H and O–H groups in total. The molecule has 0 unspecified atom stereocenters. The molecule has 3 rings (SSSR count). The first-order chi connectivity index (χ1) is 12.2. The highest BCUT2D eigenvalue weighted by atomic mass is 16.5. The first-order valence-electron chi connectivity index (χ1n) is 8.51. The van der Waals surface area contributed by atoms with Crippen molar-refractivity contribution in [2.75, 3.05) is 25.1 Å². The third-order valence-electron chi connectivity index (χ3n) is 4.25. The lowest BCUT2D eigenvalue weighted by Gasteiger charge is -2.29. The number of anilines is 1. The normalized spacial score (nSPS) is 13.2. The standard InChI is InChI=1S/C20H22N2O3/c1-2-25-14-19(23)21-18-9-8-15-10-11-22(13-17(15)12-18)20(24)16-6-4-3-5-7-16/h3-9,12H,2,10-11,13-14H2,1H3,(H,21,23). The van der Waals surface area contributed by atoms with Gasteiger partial charge in [0.05, 0.1) is 0 Å². The molecule has 0 bridgehead atoms. The van der Waals surface area contributed by atoms with Gasteiger partial charge in [0.25, 0.3) is 5.91 Å². The molecule has 2 aromatic rings. The van der Waals surface area contributed by atoms with E-state index in [0.717, 1.165) is 17.7 Å². The SMILES string of the molecule is CCOCC(=O)Nc1ccc2c(c1)CN(C(=O)c1ccccc1)CC2. The number of fused-ring (bicyclic) bond motifs is 1. The van der Waals surface area contributed by atoms with Crippen molar-refractivity contribution in [2.45, 2.75) is 19.9 Å². The van der Waals surface area contributed by atoms with Crippen molar-refractivity contribution in [3.63, 3.8) is 0 Å². The van der Waals surface area contributed by atoms with Crippen molar-refractivity contribution in [3.8, 4) is 0 Å². The van der Waals surface area contributed by atoms with Crippen molar-refractivity contribution >= 4 is 17.5 Å². The smallest absolute Gasteiger partial charge is 0.254 e. The molecule has 1 aliphatic rings. The van der Waals surface area contributed by atoms with Gasteiger partial charge in [0, 0.05) is 30.9 Å². The lowest BCUT2D eigenvalue weighted by molar-refractivity contribution is -0.120. The summed E-state index contributed by atoms with van der Waals surface area (Å²) in [6.07, 6.45) is 0.821. The van der Waals surface area contributed by atoms with E-state index in [1.807, 2.05) is 60.4 Å². The molecule has 1 aliphatic heterocycles. The van der Waals surface area contributed by atoms with Gasteiger partial charge in [-0.25, -0.2) is 0 Å². The number of hydrogen-bond donors (Lipinski definition) is 1. The Morgan fingerprint density at radius 3 is 2.68 bits per heavy atom. The largest absolute Gasteiger partial charge is 0.372 e. The lowest BCUT2D eigenvalue weighted by atomic mass is 9.98. The fourth-order valence-electron chi connectivity index (χ4n) is 2.96. The van der Waals surface area contributed by atoms with E-state index in [9.17, 15) is 9.59 Å². The molecule has 5 heteroatoms. The van der Waals surface area contributed by atoms with Crippen molar-refractivity contribution in [1.29, 1.82) is 0 Å². The second-order valence-corrected chi connectivity index (χ2v) is 6.01. The third-order valence-corrected chi connectivity index (χ3v) is 4.25. The average Bonchev–Trinajstić information content (AvgIpc) is 2.66. The van der Waals surface area contributed by atoms with Crippen LogP contribution >= 0.6 is 0 Å². The van der Waals surface area contributed by atoms with Gasteiger partial charge in [-0.2, -0.15) is 0 Å². The minimum atomic E-state index is -0.171. The van der Waals surface area contributed by atoms with Gasteiger partial charge in [0.2, 0.25) is 5.91 Å². The molecule has 2 amide bonds. The van der Waals surface area contributed by atoms with Crippen LogP contribution in [0.2, 0.25) is 0 Å². The maximum absolute atomic E-state index is 12.6. The summed E-state index contributed by atoms with van der Waals surface area (Å²) in [6, 6.07) is 15.2. The number of nitrogens with one attached hydrogen (secondary N) is 1. The van der Waals surface area contributed by atoms with Gasteiger partial charge in [0.1, 0.15) is 6.61 Å². The molecule has 0 aromatic heterocycles. The summed E-state index contributed by atoms with van der Waals surface area (Å²) in [7, 11) is 0. The molecule has 5 nitrogen and oxygen atoms in total. The topological polar surface area (TPSA) is 58.6 Å². The Labute approximate surface area is 147 Å². The summed E-state index contributed by atoms with van der Waals surface area (Å²) in [5, 5.41) is 2.84. The Morgan fingerprint density at radius 2 is 1.92 bits per heavy atom. The average molecular weight is 338 g/mol. The molecule has 130 valence electrons. The van der Waals surface area contributed by atoms with Gasteiger partial charge >= 0.3 is 0 Å². The van der Waals surface area contributed by atoms with Crippen LogP contribution in [0.15, 0.2) is 48.5 Å². The fourth-order valence-corrected chi connectivity index (χ4v) is 2.96. The maximum atomic E-state index is 12.6. The van der Waals surface area contributed by atoms with Gasteiger partial charge in [-0.3, -0.25) is 9.59 Å². The molecule has 0 spiro atoms. The zero-order valence-electron chi connectivity index (χ0n) is 14.3. The Morgan fingerprint density at radius 1 is 1.12 bits per heavy atom. The van der Waals surface area contributed by atoms with E-state index < -0.39 is 0 Å². The van der Waals surface area contributed by atoms with Crippen LogP contribution < -0.4 is 5.32 Å². The van der Waals surface area contributed by atoms with E-state index in [2.05, 4.69) is 5.32 Å². The summed E-state index contributed by atoms with van der Waals surface area (Å²) in [5.41, 5.74) is 3.73. The molecule has 1 heterocycles. The lowest BCUT2D eigenvalue weighted by Crippen LogP contribution is -2.36. The van der Waals surface area contributed by atoms with Crippen LogP contribution in [0.1, 0.15) is 28.4 Å². The molecular formula is C20H22N2O3. The van der Waals surface area contributed by atoms with E-state index >= 15 is 0 Å². The summed E-state index contributed by atoms with van der Waals surface area (Å²) in [4.78, 5) is 26.3. The number of benzene rings is 2. The summed E-state index contributed by atoms with van der Waals surface area (Å²) in [5.74, 6) is -0.133. The van der Waals surface area contributed by atoms with Crippen molar-refractivity contribution in [2.24, 2.45) is 0 Å². The van der Waals surface area contributed by atoms with E-state index in [0.29, 0.717) is 25.3 Å². The van der Waals surface area contributed by atoms with Crippen LogP contribution in [0.3, 0.4) is 0 Å². The van der Waals surface area contributed by atoms with E-state index in [1.54, 1.807) is 0 Å². The van der Waals surface area contributed by atoms with Gasteiger partial charge in [-0.15, -0.1) is 0 Å². The van der Waals surface area contributed by atoms with Crippen molar-refractivity contribution < 1.29 is 14.3 Å². The molecular weight excluding hydrogens is 316 g/mol. The first kappa shape index (κ1) is 17.2. The Hall–Kier alpha value is -2.66. The fraction of sp³-hybridized carbons (Fsp3) is 0.300. The number of carbonyl (C=O) groups excluding carboxylic acids is 2. The Bertz CT molecular complexity index is 759. The molecule has 0 radical (unpaired) electrons. The molecule has 0 aliphatic carbocycles. The van der Waals surface area contributed by atoms with Crippen LogP contribution in [0, 0.1) is 0 Å². The molecule has 2 aromatic carbocycles. The highest BCUT2D eigenvalue weighted by Gasteiger charge is 2.22. The van der Waals surface area contributed by atoms with Gasteiger partial charge in [-0.1, -0.05) is 24.3 Å². The number of ether oxygens (including phenoxy) is 1. The van der Waals surface area contributed by atoms with Crippen molar-refractivity contribution in [1.82, 2.24) is 4.90 Å². The molecule has 0 atom stereocenters.